The number of fused-ring (bicyclic) bond motifs is 2. The fraction of sp³-hybridized carbons (Fsp3) is 0.625. The lowest BCUT2D eigenvalue weighted by atomic mass is 9.74. The highest BCUT2D eigenvalue weighted by atomic mass is 15.1. The Morgan fingerprint density at radius 1 is 1.22 bits per heavy atom. The first-order chi connectivity index (χ1) is 8.62. The first-order valence-corrected chi connectivity index (χ1v) is 7.11. The van der Waals surface area contributed by atoms with Crippen molar-refractivity contribution in [1.82, 2.24) is 10.2 Å². The molecule has 2 heteroatoms. The van der Waals surface area contributed by atoms with Gasteiger partial charge in [-0.1, -0.05) is 23.8 Å². The maximum Gasteiger partial charge on any atom is 0.0353 e. The zero-order chi connectivity index (χ0) is 12.8. The predicted octanol–water partition coefficient (Wildman–Crippen LogP) is 2.62. The summed E-state index contributed by atoms with van der Waals surface area (Å²) in [6.45, 7) is 4.57. The molecule has 1 aliphatic carbocycles. The van der Waals surface area contributed by atoms with Crippen molar-refractivity contribution in [3.05, 3.63) is 34.9 Å². The molecule has 0 bridgehead atoms. The van der Waals surface area contributed by atoms with Gasteiger partial charge in [-0.2, -0.15) is 0 Å². The van der Waals surface area contributed by atoms with Gasteiger partial charge in [0.25, 0.3) is 0 Å². The molecule has 1 heterocycles. The minimum absolute atomic E-state index is 0.446. The summed E-state index contributed by atoms with van der Waals surface area (Å²) in [5.74, 6) is 0. The Morgan fingerprint density at radius 2 is 1.94 bits per heavy atom. The molecule has 0 radical (unpaired) electrons. The van der Waals surface area contributed by atoms with Gasteiger partial charge in [0, 0.05) is 6.04 Å². The summed E-state index contributed by atoms with van der Waals surface area (Å²) >= 11 is 0. The van der Waals surface area contributed by atoms with Crippen LogP contribution >= 0.6 is 0 Å². The van der Waals surface area contributed by atoms with Crippen LogP contribution in [0.25, 0.3) is 0 Å². The summed E-state index contributed by atoms with van der Waals surface area (Å²) in [6.07, 6.45) is 3.90. The number of nitrogens with one attached hydrogen (secondary N) is 1. The van der Waals surface area contributed by atoms with Crippen LogP contribution in [0, 0.1) is 6.92 Å². The molecule has 1 saturated heterocycles. The van der Waals surface area contributed by atoms with Gasteiger partial charge < -0.3 is 10.2 Å². The number of aryl methyl sites for hydroxylation is 1. The number of nitrogens with zero attached hydrogens (tertiary/aromatic N) is 1. The molecule has 18 heavy (non-hydrogen) atoms. The highest BCUT2D eigenvalue weighted by Gasteiger charge is 2.44. The van der Waals surface area contributed by atoms with Crippen LogP contribution in [-0.2, 0) is 5.41 Å². The molecule has 2 nitrogen and oxygen atoms in total. The van der Waals surface area contributed by atoms with Crippen molar-refractivity contribution in [2.45, 2.75) is 37.6 Å². The Hall–Kier alpha value is -0.860. The second kappa shape index (κ2) is 4.36. The van der Waals surface area contributed by atoms with Crippen LogP contribution in [0.1, 0.15) is 42.0 Å². The van der Waals surface area contributed by atoms with E-state index in [1.807, 2.05) is 0 Å². The fourth-order valence-electron chi connectivity index (χ4n) is 3.85. The lowest BCUT2D eigenvalue weighted by molar-refractivity contribution is 0.223. The molecule has 98 valence electrons. The highest BCUT2D eigenvalue weighted by Crippen LogP contribution is 2.51. The molecule has 1 aromatic rings. The molecular formula is C16H24N2. The molecular weight excluding hydrogens is 220 g/mol. The third-order valence-electron chi connectivity index (χ3n) is 4.91. The highest BCUT2D eigenvalue weighted by molar-refractivity contribution is 5.45. The van der Waals surface area contributed by atoms with Crippen molar-refractivity contribution >= 4 is 0 Å². The minimum Gasteiger partial charge on any atom is -0.317 e. The van der Waals surface area contributed by atoms with Crippen LogP contribution < -0.4 is 5.32 Å². The van der Waals surface area contributed by atoms with Crippen LogP contribution in [0.3, 0.4) is 0 Å². The number of hydrogen-bond donors (Lipinski definition) is 1. The second-order valence-electron chi connectivity index (χ2n) is 6.30. The van der Waals surface area contributed by atoms with E-state index in [1.165, 1.54) is 37.9 Å². The Kier molecular flexibility index (Phi) is 2.95. The van der Waals surface area contributed by atoms with Gasteiger partial charge in [-0.25, -0.2) is 0 Å². The Labute approximate surface area is 110 Å². The van der Waals surface area contributed by atoms with Crippen LogP contribution in [0.15, 0.2) is 18.2 Å². The van der Waals surface area contributed by atoms with E-state index in [0.29, 0.717) is 11.5 Å². The summed E-state index contributed by atoms with van der Waals surface area (Å²) < 4.78 is 0. The smallest absolute Gasteiger partial charge is 0.0353 e. The van der Waals surface area contributed by atoms with E-state index in [-0.39, 0.29) is 0 Å². The van der Waals surface area contributed by atoms with Gasteiger partial charge in [0.2, 0.25) is 0 Å². The third kappa shape index (κ3) is 1.79. The SMILES string of the molecule is Cc1ccc2c(c1)C1(CCNCC1)C[C@@H]2N(C)C. The summed E-state index contributed by atoms with van der Waals surface area (Å²) in [5, 5.41) is 3.51. The largest absolute Gasteiger partial charge is 0.317 e. The molecule has 0 unspecified atom stereocenters. The lowest BCUT2D eigenvalue weighted by Gasteiger charge is -2.36. The Balaban J connectivity index is 2.07. The van der Waals surface area contributed by atoms with Gasteiger partial charge >= 0.3 is 0 Å². The summed E-state index contributed by atoms with van der Waals surface area (Å²) in [6, 6.07) is 7.70. The quantitative estimate of drug-likeness (QED) is 0.817. The van der Waals surface area contributed by atoms with E-state index in [2.05, 4.69) is 49.4 Å². The minimum atomic E-state index is 0.446. The van der Waals surface area contributed by atoms with Gasteiger partial charge in [0.1, 0.15) is 0 Å². The standard InChI is InChI=1S/C16H24N2/c1-12-4-5-13-14(10-12)16(6-8-17-9-7-16)11-15(13)18(2)3/h4-5,10,15,17H,6-9,11H2,1-3H3/t15-/m0/s1. The fourth-order valence-corrected chi connectivity index (χ4v) is 3.85. The van der Waals surface area contributed by atoms with E-state index in [4.69, 9.17) is 0 Å². The van der Waals surface area contributed by atoms with Crippen LogP contribution in [0.2, 0.25) is 0 Å². The zero-order valence-corrected chi connectivity index (χ0v) is 11.8. The molecule has 1 atom stereocenters. The normalized spacial score (nSPS) is 25.7. The lowest BCUT2D eigenvalue weighted by Crippen LogP contribution is -2.39. The van der Waals surface area contributed by atoms with E-state index in [0.717, 1.165) is 0 Å². The van der Waals surface area contributed by atoms with Gasteiger partial charge in [-0.05, 0) is 69.9 Å². The van der Waals surface area contributed by atoms with E-state index in [1.54, 1.807) is 11.1 Å². The Bertz CT molecular complexity index is 444. The van der Waals surface area contributed by atoms with Gasteiger partial charge in [-0.3, -0.25) is 0 Å². The maximum absolute atomic E-state index is 3.51. The van der Waals surface area contributed by atoms with Crippen molar-refractivity contribution in [2.24, 2.45) is 0 Å². The summed E-state index contributed by atoms with van der Waals surface area (Å²) in [5.41, 5.74) is 5.07. The van der Waals surface area contributed by atoms with Gasteiger partial charge in [0.05, 0.1) is 0 Å². The number of piperidine rings is 1. The molecule has 1 aromatic carbocycles. The molecule has 1 spiro atoms. The van der Waals surface area contributed by atoms with Crippen molar-refractivity contribution in [2.75, 3.05) is 27.2 Å². The molecule has 1 N–H and O–H groups in total. The summed E-state index contributed by atoms with van der Waals surface area (Å²) in [7, 11) is 4.43. The first kappa shape index (κ1) is 12.2. The van der Waals surface area contributed by atoms with E-state index >= 15 is 0 Å². The molecule has 1 aliphatic heterocycles. The van der Waals surface area contributed by atoms with Crippen molar-refractivity contribution in [3.8, 4) is 0 Å². The van der Waals surface area contributed by atoms with Crippen LogP contribution in [-0.4, -0.2) is 32.1 Å². The predicted molar refractivity (Wildman–Crippen MR) is 76.0 cm³/mol. The number of hydrogen-bond acceptors (Lipinski definition) is 2. The van der Waals surface area contributed by atoms with Crippen molar-refractivity contribution in [3.63, 3.8) is 0 Å². The van der Waals surface area contributed by atoms with Gasteiger partial charge in [0.15, 0.2) is 0 Å². The Morgan fingerprint density at radius 3 is 2.61 bits per heavy atom. The van der Waals surface area contributed by atoms with E-state index in [9.17, 15) is 0 Å². The average molecular weight is 244 g/mol. The van der Waals surface area contributed by atoms with Gasteiger partial charge in [-0.15, -0.1) is 0 Å². The second-order valence-corrected chi connectivity index (χ2v) is 6.30. The number of rotatable bonds is 1. The van der Waals surface area contributed by atoms with Crippen LogP contribution in [0.5, 0.6) is 0 Å². The van der Waals surface area contributed by atoms with Crippen molar-refractivity contribution in [1.29, 1.82) is 0 Å². The molecule has 0 aromatic heterocycles. The molecule has 0 saturated carbocycles. The molecule has 0 amide bonds. The summed E-state index contributed by atoms with van der Waals surface area (Å²) in [4.78, 5) is 2.39. The zero-order valence-electron chi connectivity index (χ0n) is 11.8. The monoisotopic (exact) mass is 244 g/mol. The maximum atomic E-state index is 3.51. The molecule has 3 rings (SSSR count). The number of benzene rings is 1. The third-order valence-corrected chi connectivity index (χ3v) is 4.91. The average Bonchev–Trinajstić information content (AvgIpc) is 2.65. The first-order valence-electron chi connectivity index (χ1n) is 7.11. The molecule has 1 fully saturated rings. The topological polar surface area (TPSA) is 15.3 Å². The van der Waals surface area contributed by atoms with Crippen LogP contribution in [0.4, 0.5) is 0 Å². The van der Waals surface area contributed by atoms with E-state index < -0.39 is 0 Å². The molecule has 2 aliphatic rings. The van der Waals surface area contributed by atoms with Crippen molar-refractivity contribution < 1.29 is 0 Å².